The molecule has 0 bridgehead atoms. The molecule has 0 radical (unpaired) electrons. The van der Waals surface area contributed by atoms with Gasteiger partial charge in [0, 0.05) is 0 Å². The molecule has 0 aliphatic heterocycles. The molecule has 0 aliphatic carbocycles. The van der Waals surface area contributed by atoms with Crippen LogP contribution in [0.2, 0.25) is 0 Å². The normalized spacial score (nSPS) is 3.67. The van der Waals surface area contributed by atoms with Crippen molar-refractivity contribution in [3.05, 3.63) is 0 Å². The molecule has 0 saturated heterocycles. The van der Waals surface area contributed by atoms with Crippen molar-refractivity contribution in [3.8, 4) is 83.3 Å². The van der Waals surface area contributed by atoms with Gasteiger partial charge in [0.2, 0.25) is 0 Å². The summed E-state index contributed by atoms with van der Waals surface area (Å²) in [5, 5.41) is 0. The maximum absolute atomic E-state index is 4.87. The lowest BCUT2D eigenvalue weighted by atomic mass is 10.2. The molecular weight excluding hydrogens is 179 g/mol. The lowest BCUT2D eigenvalue weighted by Gasteiger charge is -1.55. The average Bonchev–Trinajstić information content (AvgIpc) is 2.26. The van der Waals surface area contributed by atoms with Gasteiger partial charge in [-0.25, -0.2) is 0 Å². The zero-order chi connectivity index (χ0) is 11.2. The Morgan fingerprint density at radius 2 is 0.867 bits per heavy atom. The first kappa shape index (κ1) is 12.0. The predicted octanol–water partition coefficient (Wildman–Crippen LogP) is -0.769. The van der Waals surface area contributed by atoms with Gasteiger partial charge in [-0.2, -0.15) is 5.82 Å². The smallest absolute Gasteiger partial charge is 0.151 e. The van der Waals surface area contributed by atoms with Crippen LogP contribution in [0, 0.1) is 83.3 Å². The molecular formula is C14H3B. The molecule has 0 aromatic heterocycles. The zero-order valence-corrected chi connectivity index (χ0v) is 8.08. The van der Waals surface area contributed by atoms with Crippen molar-refractivity contribution in [1.82, 2.24) is 0 Å². The highest BCUT2D eigenvalue weighted by atomic mass is 13.6. The van der Waals surface area contributed by atoms with Crippen molar-refractivity contribution >= 4 is 7.85 Å². The quantitative estimate of drug-likeness (QED) is 0.341. The van der Waals surface area contributed by atoms with Crippen LogP contribution in [0.5, 0.6) is 0 Å². The van der Waals surface area contributed by atoms with Gasteiger partial charge in [0.1, 0.15) is 0 Å². The molecule has 62 valence electrons. The van der Waals surface area contributed by atoms with Crippen LogP contribution in [-0.2, 0) is 0 Å². The van der Waals surface area contributed by atoms with Crippen LogP contribution in [0.1, 0.15) is 0 Å². The Morgan fingerprint density at radius 1 is 0.533 bits per heavy atom. The summed E-state index contributed by atoms with van der Waals surface area (Å²) in [6.07, 6.45) is 4.87. The Labute approximate surface area is 91.6 Å². The second kappa shape index (κ2) is 11.0. The minimum absolute atomic E-state index is 1.70. The van der Waals surface area contributed by atoms with Gasteiger partial charge in [-0.05, 0) is 71.0 Å². The van der Waals surface area contributed by atoms with Gasteiger partial charge in [0.25, 0.3) is 0 Å². The maximum atomic E-state index is 4.87. The molecule has 0 amide bonds. The molecule has 0 heterocycles. The molecule has 1 heteroatoms. The van der Waals surface area contributed by atoms with E-state index in [2.05, 4.69) is 76.9 Å². The van der Waals surface area contributed by atoms with Crippen molar-refractivity contribution in [1.29, 1.82) is 0 Å². The molecule has 0 aromatic carbocycles. The molecule has 15 heavy (non-hydrogen) atoms. The van der Waals surface area contributed by atoms with E-state index >= 15 is 0 Å². The van der Waals surface area contributed by atoms with Gasteiger partial charge in [-0.15, -0.1) is 6.42 Å². The Morgan fingerprint density at radius 3 is 1.20 bits per heavy atom. The highest BCUT2D eigenvalue weighted by Gasteiger charge is 1.56. The van der Waals surface area contributed by atoms with E-state index in [9.17, 15) is 0 Å². The third kappa shape index (κ3) is 11.0. The van der Waals surface area contributed by atoms with Crippen LogP contribution >= 0.6 is 0 Å². The standard InChI is InChI=1S/C14H3B/c1-2-3-4-5-6-7-8-9-10-11-12-13-14-15/h1H,15H2. The number of hydrogen-bond donors (Lipinski definition) is 0. The Kier molecular flexibility index (Phi) is 8.78. The van der Waals surface area contributed by atoms with Crippen molar-refractivity contribution < 1.29 is 0 Å². The van der Waals surface area contributed by atoms with E-state index in [0.29, 0.717) is 0 Å². The van der Waals surface area contributed by atoms with Crippen LogP contribution in [-0.4, -0.2) is 7.85 Å². The molecule has 0 fully saturated rings. The fraction of sp³-hybridized carbons (Fsp3) is 0. The van der Waals surface area contributed by atoms with Crippen molar-refractivity contribution in [2.45, 2.75) is 0 Å². The van der Waals surface area contributed by atoms with E-state index in [4.69, 9.17) is 6.42 Å². The van der Waals surface area contributed by atoms with Crippen LogP contribution < -0.4 is 0 Å². The average molecular weight is 182 g/mol. The first-order valence-electron chi connectivity index (χ1n) is 3.79. The van der Waals surface area contributed by atoms with E-state index in [-0.39, 0.29) is 0 Å². The highest BCUT2D eigenvalue weighted by molar-refractivity contribution is 6.22. The molecule has 0 aliphatic rings. The first-order chi connectivity index (χ1) is 7.41. The molecule has 0 rings (SSSR count). The lowest BCUT2D eigenvalue weighted by molar-refractivity contribution is 2.34. The van der Waals surface area contributed by atoms with E-state index in [1.54, 1.807) is 7.85 Å². The van der Waals surface area contributed by atoms with E-state index in [1.807, 2.05) is 0 Å². The summed E-state index contributed by atoms with van der Waals surface area (Å²) < 4.78 is 0. The summed E-state index contributed by atoms with van der Waals surface area (Å²) in [6, 6.07) is 0. The molecule has 0 unspecified atom stereocenters. The number of terminal acetylenes is 1. The minimum Gasteiger partial charge on any atom is -0.151 e. The minimum atomic E-state index is 1.70. The zero-order valence-electron chi connectivity index (χ0n) is 8.08. The molecule has 0 atom stereocenters. The van der Waals surface area contributed by atoms with Crippen molar-refractivity contribution in [3.63, 3.8) is 0 Å². The van der Waals surface area contributed by atoms with Crippen molar-refractivity contribution in [2.24, 2.45) is 0 Å². The van der Waals surface area contributed by atoms with Gasteiger partial charge in [-0.3, -0.25) is 0 Å². The molecule has 0 spiro atoms. The first-order valence-corrected chi connectivity index (χ1v) is 3.79. The summed E-state index contributed by atoms with van der Waals surface area (Å²) in [5.74, 6) is 31.9. The summed E-state index contributed by atoms with van der Waals surface area (Å²) in [7, 11) is 1.70. The van der Waals surface area contributed by atoms with Gasteiger partial charge >= 0.3 is 0 Å². The summed E-state index contributed by atoms with van der Waals surface area (Å²) in [6.45, 7) is 0. The SMILES string of the molecule is BC#CC#CC#CC#CC#CC#CC#C. The topological polar surface area (TPSA) is 0 Å². The third-order valence-electron chi connectivity index (χ3n) is 0.822. The largest absolute Gasteiger partial charge is 0.196 e. The summed E-state index contributed by atoms with van der Waals surface area (Å²) >= 11 is 0. The van der Waals surface area contributed by atoms with Gasteiger partial charge in [0.05, 0.1) is 0 Å². The van der Waals surface area contributed by atoms with Crippen LogP contribution in [0.15, 0.2) is 0 Å². The number of rotatable bonds is 0. The molecule has 0 aromatic rings. The summed E-state index contributed by atoms with van der Waals surface area (Å²) in [5.41, 5.74) is 0. The maximum Gasteiger partial charge on any atom is 0.196 e. The van der Waals surface area contributed by atoms with Crippen LogP contribution in [0.25, 0.3) is 0 Å². The number of hydrogen-bond acceptors (Lipinski definition) is 0. The van der Waals surface area contributed by atoms with Gasteiger partial charge in [0.15, 0.2) is 7.85 Å². The van der Waals surface area contributed by atoms with Crippen LogP contribution in [0.3, 0.4) is 0 Å². The summed E-state index contributed by atoms with van der Waals surface area (Å²) in [4.78, 5) is 0. The molecule has 0 N–H and O–H groups in total. The lowest BCUT2D eigenvalue weighted by Crippen LogP contribution is -1.55. The second-order valence-electron chi connectivity index (χ2n) is 1.77. The molecule has 0 saturated carbocycles. The van der Waals surface area contributed by atoms with E-state index in [1.165, 1.54) is 0 Å². The Bertz CT molecular complexity index is 619. The fourth-order valence-corrected chi connectivity index (χ4v) is 0.380. The van der Waals surface area contributed by atoms with Crippen molar-refractivity contribution in [2.75, 3.05) is 0 Å². The monoisotopic (exact) mass is 182 g/mol. The van der Waals surface area contributed by atoms with Gasteiger partial charge < -0.3 is 0 Å². The van der Waals surface area contributed by atoms with Gasteiger partial charge in [-0.1, -0.05) is 0 Å². The third-order valence-corrected chi connectivity index (χ3v) is 0.822. The highest BCUT2D eigenvalue weighted by Crippen LogP contribution is 1.56. The van der Waals surface area contributed by atoms with E-state index < -0.39 is 0 Å². The molecule has 0 nitrogen and oxygen atoms in total. The van der Waals surface area contributed by atoms with Crippen LogP contribution in [0.4, 0.5) is 0 Å². The second-order valence-corrected chi connectivity index (χ2v) is 1.77. The van der Waals surface area contributed by atoms with E-state index in [0.717, 1.165) is 0 Å². The predicted molar refractivity (Wildman–Crippen MR) is 64.0 cm³/mol. The Balaban J connectivity index is 4.21. The Hall–Kier alpha value is -3.02. The fourth-order valence-electron chi connectivity index (χ4n) is 0.380.